The van der Waals surface area contributed by atoms with Gasteiger partial charge in [-0.15, -0.1) is 0 Å². The van der Waals surface area contributed by atoms with E-state index in [1.165, 1.54) is 0 Å². The summed E-state index contributed by atoms with van der Waals surface area (Å²) in [6, 6.07) is 1.82. The fraction of sp³-hybridized carbons (Fsp3) is 0.417. The Hall–Kier alpha value is -1.16. The zero-order chi connectivity index (χ0) is 16.9. The topological polar surface area (TPSA) is 60.4 Å². The van der Waals surface area contributed by atoms with Crippen molar-refractivity contribution in [3.63, 3.8) is 0 Å². The predicted octanol–water partition coefficient (Wildman–Crippen LogP) is 3.24. The molecule has 0 aliphatic heterocycles. The number of carbonyl (C=O) groups is 1. The zero-order valence-electron chi connectivity index (χ0n) is 10.9. The van der Waals surface area contributed by atoms with Gasteiger partial charge in [0.1, 0.15) is 6.17 Å². The van der Waals surface area contributed by atoms with Crippen LogP contribution in [0, 0.1) is 0 Å². The molecule has 0 aromatic heterocycles. The monoisotopic (exact) mass is 404 g/mol. The number of rotatable bonds is 2. The molecule has 1 aliphatic carbocycles. The maximum atomic E-state index is 14.0. The highest BCUT2D eigenvalue weighted by molar-refractivity contribution is 9.10. The van der Waals surface area contributed by atoms with E-state index in [2.05, 4.69) is 20.7 Å². The summed E-state index contributed by atoms with van der Waals surface area (Å²) in [6.07, 6.45) is -3.85. The predicted molar refractivity (Wildman–Crippen MR) is 70.5 cm³/mol. The first-order valence-electron chi connectivity index (χ1n) is 5.90. The largest absolute Gasteiger partial charge is 0.501 e. The first-order valence-corrected chi connectivity index (χ1v) is 8.18. The van der Waals surface area contributed by atoms with E-state index >= 15 is 0 Å². The van der Waals surface area contributed by atoms with Crippen molar-refractivity contribution in [2.45, 2.75) is 36.0 Å². The Morgan fingerprint density at radius 2 is 1.95 bits per heavy atom. The van der Waals surface area contributed by atoms with Crippen molar-refractivity contribution in [1.29, 1.82) is 0 Å². The molecule has 0 saturated carbocycles. The molecule has 0 bridgehead atoms. The fourth-order valence-corrected chi connectivity index (χ4v) is 3.82. The molecule has 0 N–H and O–H groups in total. The molecule has 0 unspecified atom stereocenters. The van der Waals surface area contributed by atoms with Crippen molar-refractivity contribution in [2.75, 3.05) is 0 Å². The smallest absolute Gasteiger partial charge is 0.454 e. The number of fused-ring (bicyclic) bond motifs is 1. The minimum absolute atomic E-state index is 0.0454. The SMILES string of the molecule is CC(=O)O[C@H]1c2c(S(=O)(=O)C(F)(F)F)ccc(Br)c2C[C@H]1F. The van der Waals surface area contributed by atoms with Gasteiger partial charge in [-0.2, -0.15) is 13.2 Å². The third-order valence-corrected chi connectivity index (χ3v) is 5.45. The number of hydrogen-bond acceptors (Lipinski definition) is 4. The number of hydrogen-bond donors (Lipinski definition) is 0. The van der Waals surface area contributed by atoms with Gasteiger partial charge in [-0.1, -0.05) is 15.9 Å². The molecule has 0 saturated heterocycles. The molecule has 0 heterocycles. The van der Waals surface area contributed by atoms with E-state index < -0.39 is 44.0 Å². The molecule has 1 aromatic rings. The van der Waals surface area contributed by atoms with Crippen LogP contribution in [-0.4, -0.2) is 26.1 Å². The van der Waals surface area contributed by atoms with Crippen LogP contribution in [0.1, 0.15) is 24.2 Å². The molecular formula is C12H9BrF4O4S. The van der Waals surface area contributed by atoms with Crippen LogP contribution in [0.2, 0.25) is 0 Å². The highest BCUT2D eigenvalue weighted by Crippen LogP contribution is 2.45. The number of halogens is 5. The molecule has 1 aromatic carbocycles. The van der Waals surface area contributed by atoms with E-state index in [4.69, 9.17) is 0 Å². The molecule has 22 heavy (non-hydrogen) atoms. The van der Waals surface area contributed by atoms with Gasteiger partial charge in [0.05, 0.1) is 4.90 Å². The van der Waals surface area contributed by atoms with Crippen LogP contribution in [0.15, 0.2) is 21.5 Å². The minimum atomic E-state index is -5.69. The van der Waals surface area contributed by atoms with Crippen LogP contribution >= 0.6 is 15.9 Å². The maximum absolute atomic E-state index is 14.0. The van der Waals surface area contributed by atoms with Crippen LogP contribution in [0.5, 0.6) is 0 Å². The first kappa shape index (κ1) is 17.2. The van der Waals surface area contributed by atoms with E-state index in [0.29, 0.717) is 0 Å². The third-order valence-electron chi connectivity index (χ3n) is 3.16. The summed E-state index contributed by atoms with van der Waals surface area (Å²) in [4.78, 5) is 9.93. The standard InChI is InChI=1S/C12H9BrF4O4S/c1-5(18)21-11-8(14)4-6-7(13)2-3-9(10(6)11)22(19,20)12(15,16)17/h2-3,8,11H,4H2,1H3/t8-,11-/m1/s1. The molecule has 0 amide bonds. The lowest BCUT2D eigenvalue weighted by molar-refractivity contribution is -0.149. The second-order valence-corrected chi connectivity index (χ2v) is 7.40. The molecule has 2 rings (SSSR count). The van der Waals surface area contributed by atoms with Crippen LogP contribution in [0.25, 0.3) is 0 Å². The fourth-order valence-electron chi connectivity index (χ4n) is 2.29. The molecule has 10 heteroatoms. The van der Waals surface area contributed by atoms with Gasteiger partial charge in [0.2, 0.25) is 0 Å². The Kier molecular flexibility index (Phi) is 4.29. The van der Waals surface area contributed by atoms with Crippen molar-refractivity contribution >= 4 is 31.7 Å². The molecule has 1 aliphatic rings. The van der Waals surface area contributed by atoms with E-state index in [1.54, 1.807) is 0 Å². The molecule has 122 valence electrons. The van der Waals surface area contributed by atoms with Gasteiger partial charge in [0.25, 0.3) is 9.84 Å². The van der Waals surface area contributed by atoms with Crippen molar-refractivity contribution < 1.29 is 35.5 Å². The molecule has 0 spiro atoms. The lowest BCUT2D eigenvalue weighted by Gasteiger charge is -2.18. The van der Waals surface area contributed by atoms with E-state index in [-0.39, 0.29) is 16.5 Å². The van der Waals surface area contributed by atoms with Gasteiger partial charge in [-0.25, -0.2) is 12.8 Å². The van der Waals surface area contributed by atoms with Crippen molar-refractivity contribution in [3.05, 3.63) is 27.7 Å². The van der Waals surface area contributed by atoms with Gasteiger partial charge in [-0.3, -0.25) is 4.79 Å². The summed E-state index contributed by atoms with van der Waals surface area (Å²) in [6.45, 7) is 0.959. The molecule has 2 atom stereocenters. The number of esters is 1. The highest BCUT2D eigenvalue weighted by Gasteiger charge is 2.51. The summed E-state index contributed by atoms with van der Waals surface area (Å²) >= 11 is 3.04. The number of sulfone groups is 1. The van der Waals surface area contributed by atoms with Crippen molar-refractivity contribution in [2.24, 2.45) is 0 Å². The molecule has 4 nitrogen and oxygen atoms in total. The Labute approximate surface area is 131 Å². The van der Waals surface area contributed by atoms with Crippen molar-refractivity contribution in [3.8, 4) is 0 Å². The average Bonchev–Trinajstić information content (AvgIpc) is 2.66. The Morgan fingerprint density at radius 1 is 1.36 bits per heavy atom. The number of benzene rings is 1. The van der Waals surface area contributed by atoms with Crippen LogP contribution in [-0.2, 0) is 25.8 Å². The zero-order valence-corrected chi connectivity index (χ0v) is 13.4. The lowest BCUT2D eigenvalue weighted by Crippen LogP contribution is -2.26. The second-order valence-electron chi connectivity index (χ2n) is 4.64. The Balaban J connectivity index is 2.71. The molecule has 0 fully saturated rings. The lowest BCUT2D eigenvalue weighted by atomic mass is 10.1. The summed E-state index contributed by atoms with van der Waals surface area (Å²) in [5, 5.41) is 0. The van der Waals surface area contributed by atoms with Crippen LogP contribution < -0.4 is 0 Å². The number of ether oxygens (including phenoxy) is 1. The summed E-state index contributed by atoms with van der Waals surface area (Å²) in [7, 11) is -5.69. The Morgan fingerprint density at radius 3 is 2.45 bits per heavy atom. The Bertz CT molecular complexity index is 729. The summed E-state index contributed by atoms with van der Waals surface area (Å²) in [5.74, 6) is -0.921. The molecule has 0 radical (unpaired) electrons. The van der Waals surface area contributed by atoms with Crippen LogP contribution in [0.4, 0.5) is 17.6 Å². The first-order chi connectivity index (χ1) is 9.96. The quantitative estimate of drug-likeness (QED) is 0.560. The summed E-state index contributed by atoms with van der Waals surface area (Å²) in [5.41, 5.74) is -5.96. The number of alkyl halides is 4. The number of carbonyl (C=O) groups excluding carboxylic acids is 1. The normalized spacial score (nSPS) is 21.5. The van der Waals surface area contributed by atoms with E-state index in [9.17, 15) is 30.8 Å². The van der Waals surface area contributed by atoms with Crippen LogP contribution in [0.3, 0.4) is 0 Å². The van der Waals surface area contributed by atoms with Crippen molar-refractivity contribution in [1.82, 2.24) is 0 Å². The second kappa shape index (κ2) is 5.48. The van der Waals surface area contributed by atoms with Gasteiger partial charge < -0.3 is 4.74 Å². The summed E-state index contributed by atoms with van der Waals surface area (Å²) < 4.78 is 80.6. The van der Waals surface area contributed by atoms with E-state index in [1.807, 2.05) is 0 Å². The third kappa shape index (κ3) is 2.73. The van der Waals surface area contributed by atoms with Gasteiger partial charge in [0.15, 0.2) is 6.10 Å². The van der Waals surface area contributed by atoms with Gasteiger partial charge in [0, 0.05) is 23.4 Å². The maximum Gasteiger partial charge on any atom is 0.501 e. The average molecular weight is 405 g/mol. The minimum Gasteiger partial charge on any atom is -0.454 e. The molecular weight excluding hydrogens is 396 g/mol. The van der Waals surface area contributed by atoms with Gasteiger partial charge >= 0.3 is 11.5 Å². The van der Waals surface area contributed by atoms with E-state index in [0.717, 1.165) is 19.1 Å². The highest BCUT2D eigenvalue weighted by atomic mass is 79.9. The van der Waals surface area contributed by atoms with Gasteiger partial charge in [-0.05, 0) is 17.7 Å².